The third kappa shape index (κ3) is 3.32. The van der Waals surface area contributed by atoms with E-state index in [-0.39, 0.29) is 24.3 Å². The van der Waals surface area contributed by atoms with Crippen LogP contribution in [0.15, 0.2) is 29.2 Å². The lowest BCUT2D eigenvalue weighted by atomic mass is 10.3. The first-order valence-electron chi connectivity index (χ1n) is 4.72. The zero-order valence-corrected chi connectivity index (χ0v) is 12.9. The van der Waals surface area contributed by atoms with Crippen molar-refractivity contribution < 1.29 is 12.8 Å². The van der Waals surface area contributed by atoms with Crippen molar-refractivity contribution in [2.45, 2.75) is 4.90 Å². The molecular weight excluding hydrogens is 356 g/mol. The zero-order chi connectivity index (χ0) is 14.2. The Hall–Kier alpha value is -0.530. The molecule has 0 amide bonds. The fraction of sp³-hybridized carbons (Fsp3) is 0. The molecule has 19 heavy (non-hydrogen) atoms. The Kier molecular flexibility index (Phi) is 4.27. The Morgan fingerprint density at radius 1 is 1.16 bits per heavy atom. The Labute approximate surface area is 128 Å². The summed E-state index contributed by atoms with van der Waals surface area (Å²) >= 11 is 18.0. The highest BCUT2D eigenvalue weighted by Crippen LogP contribution is 2.35. The molecule has 2 rings (SSSR count). The van der Waals surface area contributed by atoms with Gasteiger partial charge in [-0.05, 0) is 24.3 Å². The molecule has 0 saturated heterocycles. The van der Waals surface area contributed by atoms with Gasteiger partial charge < -0.3 is 0 Å². The van der Waals surface area contributed by atoms with Crippen molar-refractivity contribution in [1.29, 1.82) is 0 Å². The van der Waals surface area contributed by atoms with E-state index in [9.17, 15) is 12.8 Å². The lowest BCUT2D eigenvalue weighted by Gasteiger charge is -2.08. The molecule has 102 valence electrons. The first kappa shape index (κ1) is 14.9. The van der Waals surface area contributed by atoms with Crippen LogP contribution in [-0.2, 0) is 10.0 Å². The number of hydrogen-bond donors (Lipinski definition) is 1. The van der Waals surface area contributed by atoms with Gasteiger partial charge in [0.25, 0.3) is 10.0 Å². The smallest absolute Gasteiger partial charge is 0.264 e. The van der Waals surface area contributed by atoms with Gasteiger partial charge in [0, 0.05) is 5.02 Å². The van der Waals surface area contributed by atoms with Crippen molar-refractivity contribution in [3.63, 3.8) is 0 Å². The normalized spacial score (nSPS) is 11.6. The predicted octanol–water partition coefficient (Wildman–Crippen LogP) is 4.65. The fourth-order valence-electron chi connectivity index (χ4n) is 1.28. The van der Waals surface area contributed by atoms with Crippen LogP contribution >= 0.6 is 46.1 Å². The van der Waals surface area contributed by atoms with Crippen LogP contribution in [0.1, 0.15) is 0 Å². The number of halogens is 4. The van der Waals surface area contributed by atoms with Crippen molar-refractivity contribution in [2.24, 2.45) is 0 Å². The van der Waals surface area contributed by atoms with Gasteiger partial charge in [-0.3, -0.25) is 4.72 Å². The molecule has 0 radical (unpaired) electrons. The molecule has 1 aromatic heterocycles. The molecule has 9 heteroatoms. The zero-order valence-electron chi connectivity index (χ0n) is 8.95. The van der Waals surface area contributed by atoms with E-state index in [0.29, 0.717) is 0 Å². The van der Waals surface area contributed by atoms with E-state index in [1.54, 1.807) is 0 Å². The number of anilines is 1. The Morgan fingerprint density at radius 2 is 1.84 bits per heavy atom. The van der Waals surface area contributed by atoms with E-state index in [2.05, 4.69) is 4.72 Å². The molecule has 0 saturated carbocycles. The molecule has 0 unspecified atom stereocenters. The second-order valence-corrected chi connectivity index (χ2v) is 7.79. The van der Waals surface area contributed by atoms with Crippen molar-refractivity contribution in [1.82, 2.24) is 0 Å². The topological polar surface area (TPSA) is 46.2 Å². The molecule has 1 aromatic carbocycles. The third-order valence-electron chi connectivity index (χ3n) is 2.09. The van der Waals surface area contributed by atoms with Gasteiger partial charge in [-0.25, -0.2) is 12.8 Å². The quantitative estimate of drug-likeness (QED) is 0.866. The molecule has 0 bridgehead atoms. The maximum absolute atomic E-state index is 13.5. The van der Waals surface area contributed by atoms with Gasteiger partial charge in [0.1, 0.15) is 15.0 Å². The van der Waals surface area contributed by atoms with E-state index in [1.165, 1.54) is 12.1 Å². The second-order valence-electron chi connectivity index (χ2n) is 3.42. The van der Waals surface area contributed by atoms with Crippen LogP contribution < -0.4 is 4.72 Å². The fourth-order valence-corrected chi connectivity index (χ4v) is 4.66. The van der Waals surface area contributed by atoms with Crippen LogP contribution in [0.4, 0.5) is 10.1 Å². The van der Waals surface area contributed by atoms with Gasteiger partial charge in [-0.15, -0.1) is 11.3 Å². The lowest BCUT2D eigenvalue weighted by Crippen LogP contribution is -2.13. The maximum atomic E-state index is 13.5. The van der Waals surface area contributed by atoms with Crippen molar-refractivity contribution in [3.8, 4) is 0 Å². The average molecular weight is 361 g/mol. The minimum Gasteiger partial charge on any atom is -0.277 e. The number of benzene rings is 1. The van der Waals surface area contributed by atoms with E-state index in [1.807, 2.05) is 0 Å². The van der Waals surface area contributed by atoms with Crippen molar-refractivity contribution in [3.05, 3.63) is 43.8 Å². The molecule has 3 nitrogen and oxygen atoms in total. The van der Waals surface area contributed by atoms with Gasteiger partial charge >= 0.3 is 0 Å². The number of hydrogen-bond acceptors (Lipinski definition) is 3. The van der Waals surface area contributed by atoms with Crippen LogP contribution in [0.5, 0.6) is 0 Å². The van der Waals surface area contributed by atoms with Gasteiger partial charge in [-0.1, -0.05) is 34.8 Å². The van der Waals surface area contributed by atoms with Crippen LogP contribution in [0.2, 0.25) is 13.7 Å². The largest absolute Gasteiger partial charge is 0.277 e. The van der Waals surface area contributed by atoms with Crippen molar-refractivity contribution in [2.75, 3.05) is 4.72 Å². The molecule has 0 aliphatic heterocycles. The lowest BCUT2D eigenvalue weighted by molar-refractivity contribution is 0.599. The minimum absolute atomic E-state index is 0.0000591. The molecular formula is C10H5Cl3FNO2S2. The summed E-state index contributed by atoms with van der Waals surface area (Å²) in [5, 5.41) is 0.202. The minimum atomic E-state index is -4.02. The van der Waals surface area contributed by atoms with E-state index >= 15 is 0 Å². The molecule has 2 aromatic rings. The molecule has 0 spiro atoms. The summed E-state index contributed by atoms with van der Waals surface area (Å²) < 4.78 is 39.9. The highest BCUT2D eigenvalue weighted by atomic mass is 35.5. The van der Waals surface area contributed by atoms with Gasteiger partial charge in [0.2, 0.25) is 0 Å². The first-order chi connectivity index (χ1) is 8.79. The summed E-state index contributed by atoms with van der Waals surface area (Å²) in [6, 6.07) is 4.72. The highest BCUT2D eigenvalue weighted by molar-refractivity contribution is 7.93. The number of thiophene rings is 1. The number of rotatable bonds is 3. The van der Waals surface area contributed by atoms with Crippen LogP contribution in [0.25, 0.3) is 0 Å². The van der Waals surface area contributed by atoms with Gasteiger partial charge in [0.05, 0.1) is 10.0 Å². The summed E-state index contributed by atoms with van der Waals surface area (Å²) in [4.78, 5) is -0.205. The molecule has 0 atom stereocenters. The van der Waals surface area contributed by atoms with Crippen molar-refractivity contribution >= 4 is 61.9 Å². The third-order valence-corrected chi connectivity index (χ3v) is 5.44. The summed E-state index contributed by atoms with van der Waals surface area (Å²) in [6.45, 7) is 0. The number of nitrogens with one attached hydrogen (secondary N) is 1. The Balaban J connectivity index is 2.42. The van der Waals surface area contributed by atoms with Crippen LogP contribution in [0, 0.1) is 5.82 Å². The molecule has 1 N–H and O–H groups in total. The summed E-state index contributed by atoms with van der Waals surface area (Å²) in [5.41, 5.74) is -0.258. The van der Waals surface area contributed by atoms with E-state index < -0.39 is 15.8 Å². The van der Waals surface area contributed by atoms with Gasteiger partial charge in [-0.2, -0.15) is 0 Å². The SMILES string of the molecule is O=S(=O)(Nc1cc(Cl)ccc1F)c1cc(Cl)sc1Cl. The molecule has 0 fully saturated rings. The van der Waals surface area contributed by atoms with Crippen LogP contribution in [0.3, 0.4) is 0 Å². The monoisotopic (exact) mass is 359 g/mol. The summed E-state index contributed by atoms with van der Waals surface area (Å²) in [6.07, 6.45) is 0. The van der Waals surface area contributed by atoms with Crippen LogP contribution in [-0.4, -0.2) is 8.42 Å². The Bertz CT molecular complexity index is 730. The number of sulfonamides is 1. The first-order valence-corrected chi connectivity index (χ1v) is 8.15. The predicted molar refractivity (Wildman–Crippen MR) is 76.6 cm³/mol. The molecule has 0 aliphatic rings. The Morgan fingerprint density at radius 3 is 2.42 bits per heavy atom. The second kappa shape index (κ2) is 5.46. The van der Waals surface area contributed by atoms with E-state index in [0.717, 1.165) is 23.5 Å². The summed E-state index contributed by atoms with van der Waals surface area (Å²) in [7, 11) is -4.02. The molecule has 0 aliphatic carbocycles. The molecule has 1 heterocycles. The maximum Gasteiger partial charge on any atom is 0.264 e. The highest BCUT2D eigenvalue weighted by Gasteiger charge is 2.22. The van der Waals surface area contributed by atoms with Gasteiger partial charge in [0.15, 0.2) is 0 Å². The average Bonchev–Trinajstić information content (AvgIpc) is 2.63. The van der Waals surface area contributed by atoms with E-state index in [4.69, 9.17) is 34.8 Å². The summed E-state index contributed by atoms with van der Waals surface area (Å²) in [5.74, 6) is -0.745. The standard InChI is InChI=1S/C10H5Cl3FNO2S2/c11-5-1-2-6(14)7(3-5)15-19(16,17)8-4-9(12)18-10(8)13/h1-4,15H.